The fraction of sp³-hybridized carbons (Fsp3) is 0. The van der Waals surface area contributed by atoms with Gasteiger partial charge in [-0.05, 0) is 30.3 Å². The molecule has 3 aromatic rings. The van der Waals surface area contributed by atoms with Crippen molar-refractivity contribution < 1.29 is 17.2 Å². The van der Waals surface area contributed by atoms with Crippen molar-refractivity contribution in [1.29, 1.82) is 0 Å². The highest BCUT2D eigenvalue weighted by Gasteiger charge is 2.18. The molecule has 10 heteroatoms. The van der Waals surface area contributed by atoms with E-state index in [0.717, 1.165) is 23.0 Å². The van der Waals surface area contributed by atoms with E-state index in [-0.39, 0.29) is 16.3 Å². The van der Waals surface area contributed by atoms with Crippen LogP contribution in [0.4, 0.5) is 4.39 Å². The molecule has 1 heterocycles. The van der Waals surface area contributed by atoms with E-state index in [1.165, 1.54) is 24.3 Å². The summed E-state index contributed by atoms with van der Waals surface area (Å²) in [5.74, 6) is -1.78. The lowest BCUT2D eigenvalue weighted by atomic mass is 10.1. The lowest BCUT2D eigenvalue weighted by molar-refractivity contribution is 0.504. The maximum Gasteiger partial charge on any atom is 0.424 e. The standard InChI is InChI=1S/C15H9Cl2FN2O4S/c16-10-3-2-9(6-11(10)17)20-13(7-24-15(20)21)8-1-4-14(12(18)5-8)25(19,22)23/h1-7H,(H2,19,22,23). The first-order valence-electron chi connectivity index (χ1n) is 6.67. The van der Waals surface area contributed by atoms with Gasteiger partial charge in [-0.15, -0.1) is 0 Å². The van der Waals surface area contributed by atoms with Crippen LogP contribution in [0.2, 0.25) is 10.0 Å². The molecule has 2 aromatic carbocycles. The Hall–Kier alpha value is -2.13. The van der Waals surface area contributed by atoms with Crippen molar-refractivity contribution in [3.8, 4) is 16.9 Å². The number of primary sulfonamides is 1. The topological polar surface area (TPSA) is 95.3 Å². The fourth-order valence-corrected chi connectivity index (χ4v) is 3.15. The van der Waals surface area contributed by atoms with Crippen LogP contribution >= 0.6 is 23.2 Å². The quantitative estimate of drug-likeness (QED) is 0.727. The zero-order chi connectivity index (χ0) is 18.4. The van der Waals surface area contributed by atoms with Crippen molar-refractivity contribution in [3.63, 3.8) is 0 Å². The van der Waals surface area contributed by atoms with Crippen LogP contribution in [0.1, 0.15) is 0 Å². The molecule has 0 saturated carbocycles. The van der Waals surface area contributed by atoms with Crippen LogP contribution in [0.5, 0.6) is 0 Å². The molecular weight excluding hydrogens is 394 g/mol. The van der Waals surface area contributed by atoms with Crippen molar-refractivity contribution in [1.82, 2.24) is 4.57 Å². The largest absolute Gasteiger partial charge is 0.424 e. The van der Waals surface area contributed by atoms with Gasteiger partial charge in [-0.1, -0.05) is 29.3 Å². The smallest absolute Gasteiger partial charge is 0.415 e. The Morgan fingerprint density at radius 3 is 2.40 bits per heavy atom. The normalized spacial score (nSPS) is 11.7. The number of oxazole rings is 1. The molecule has 0 radical (unpaired) electrons. The molecule has 130 valence electrons. The molecule has 0 saturated heterocycles. The van der Waals surface area contributed by atoms with Gasteiger partial charge in [0.1, 0.15) is 17.0 Å². The number of aromatic nitrogens is 1. The Bertz CT molecular complexity index is 1140. The number of hydrogen-bond acceptors (Lipinski definition) is 4. The van der Waals surface area contributed by atoms with Crippen molar-refractivity contribution in [2.24, 2.45) is 5.14 Å². The zero-order valence-corrected chi connectivity index (χ0v) is 14.6. The van der Waals surface area contributed by atoms with Crippen molar-refractivity contribution in [3.05, 3.63) is 69.1 Å². The van der Waals surface area contributed by atoms with Crippen LogP contribution in [0, 0.1) is 5.82 Å². The molecule has 0 bridgehead atoms. The van der Waals surface area contributed by atoms with Crippen molar-refractivity contribution in [2.45, 2.75) is 4.90 Å². The first-order chi connectivity index (χ1) is 11.7. The number of nitrogens with two attached hydrogens (primary N) is 1. The summed E-state index contributed by atoms with van der Waals surface area (Å²) in [4.78, 5) is 11.4. The number of rotatable bonds is 3. The Labute approximate surface area is 151 Å². The van der Waals surface area contributed by atoms with Gasteiger partial charge in [0.05, 0.1) is 21.4 Å². The number of hydrogen-bond donors (Lipinski definition) is 1. The number of nitrogens with zero attached hydrogens (tertiary/aromatic N) is 1. The van der Waals surface area contributed by atoms with Gasteiger partial charge in [-0.3, -0.25) is 0 Å². The molecule has 0 amide bonds. The molecule has 0 unspecified atom stereocenters. The molecule has 0 spiro atoms. The summed E-state index contributed by atoms with van der Waals surface area (Å²) < 4.78 is 42.7. The molecule has 0 aliphatic carbocycles. The highest BCUT2D eigenvalue weighted by atomic mass is 35.5. The Kier molecular flexibility index (Phi) is 4.46. The summed E-state index contributed by atoms with van der Waals surface area (Å²) in [6, 6.07) is 7.73. The van der Waals surface area contributed by atoms with Crippen molar-refractivity contribution in [2.75, 3.05) is 0 Å². The lowest BCUT2D eigenvalue weighted by Gasteiger charge is -2.08. The minimum atomic E-state index is -4.20. The number of benzene rings is 2. The van der Waals surface area contributed by atoms with E-state index in [0.29, 0.717) is 10.7 Å². The molecular formula is C15H9Cl2FN2O4S. The third kappa shape index (κ3) is 3.34. The van der Waals surface area contributed by atoms with Crippen LogP contribution < -0.4 is 10.9 Å². The summed E-state index contributed by atoms with van der Waals surface area (Å²) in [5.41, 5.74) is 0.754. The molecule has 6 nitrogen and oxygen atoms in total. The third-order valence-corrected chi connectivity index (χ3v) is 5.07. The average molecular weight is 403 g/mol. The molecule has 3 rings (SSSR count). The van der Waals surface area contributed by atoms with Crippen LogP contribution in [0.15, 0.2) is 56.8 Å². The first-order valence-corrected chi connectivity index (χ1v) is 8.97. The summed E-state index contributed by atoms with van der Waals surface area (Å²) >= 11 is 11.8. The van der Waals surface area contributed by atoms with Crippen LogP contribution in [-0.4, -0.2) is 13.0 Å². The molecule has 0 atom stereocenters. The van der Waals surface area contributed by atoms with Gasteiger partial charge in [-0.2, -0.15) is 0 Å². The predicted molar refractivity (Wildman–Crippen MR) is 91.1 cm³/mol. The van der Waals surface area contributed by atoms with E-state index < -0.39 is 26.5 Å². The van der Waals surface area contributed by atoms with E-state index >= 15 is 0 Å². The monoisotopic (exact) mass is 402 g/mol. The Morgan fingerprint density at radius 2 is 1.80 bits per heavy atom. The summed E-state index contributed by atoms with van der Waals surface area (Å²) in [6.45, 7) is 0. The summed E-state index contributed by atoms with van der Waals surface area (Å²) in [6.07, 6.45) is 1.12. The summed E-state index contributed by atoms with van der Waals surface area (Å²) in [5, 5.41) is 5.45. The second-order valence-corrected chi connectivity index (χ2v) is 7.36. The minimum absolute atomic E-state index is 0.197. The molecule has 0 aliphatic heterocycles. The average Bonchev–Trinajstić information content (AvgIpc) is 2.90. The number of sulfonamides is 1. The Morgan fingerprint density at radius 1 is 1.08 bits per heavy atom. The molecule has 0 fully saturated rings. The molecule has 0 aliphatic rings. The van der Waals surface area contributed by atoms with Gasteiger partial charge < -0.3 is 4.42 Å². The summed E-state index contributed by atoms with van der Waals surface area (Å²) in [7, 11) is -4.20. The van der Waals surface area contributed by atoms with Gasteiger partial charge in [0.15, 0.2) is 0 Å². The molecule has 1 aromatic heterocycles. The molecule has 25 heavy (non-hydrogen) atoms. The van der Waals surface area contributed by atoms with Crippen LogP contribution in [0.3, 0.4) is 0 Å². The highest BCUT2D eigenvalue weighted by Crippen LogP contribution is 2.28. The van der Waals surface area contributed by atoms with E-state index in [4.69, 9.17) is 32.8 Å². The van der Waals surface area contributed by atoms with E-state index in [1.807, 2.05) is 0 Å². The van der Waals surface area contributed by atoms with E-state index in [1.54, 1.807) is 0 Å². The second-order valence-electron chi connectivity index (χ2n) is 5.01. The van der Waals surface area contributed by atoms with Gasteiger partial charge in [0.2, 0.25) is 10.0 Å². The number of halogens is 3. The first kappa shape index (κ1) is 17.7. The zero-order valence-electron chi connectivity index (χ0n) is 12.2. The third-order valence-electron chi connectivity index (χ3n) is 3.39. The van der Waals surface area contributed by atoms with Gasteiger partial charge in [0.25, 0.3) is 0 Å². The van der Waals surface area contributed by atoms with E-state index in [9.17, 15) is 17.6 Å². The molecule has 2 N–H and O–H groups in total. The van der Waals surface area contributed by atoms with Crippen molar-refractivity contribution >= 4 is 33.2 Å². The predicted octanol–water partition coefficient (Wildman–Crippen LogP) is 3.19. The maximum absolute atomic E-state index is 14.1. The SMILES string of the molecule is NS(=O)(=O)c1ccc(-c2coc(=O)n2-c2ccc(Cl)c(Cl)c2)cc1F. The maximum atomic E-state index is 14.1. The van der Waals surface area contributed by atoms with Gasteiger partial charge >= 0.3 is 5.76 Å². The van der Waals surface area contributed by atoms with Crippen LogP contribution in [-0.2, 0) is 10.0 Å². The highest BCUT2D eigenvalue weighted by molar-refractivity contribution is 7.89. The van der Waals surface area contributed by atoms with E-state index in [2.05, 4.69) is 0 Å². The fourth-order valence-electron chi connectivity index (χ4n) is 2.27. The second kappa shape index (κ2) is 6.30. The lowest BCUT2D eigenvalue weighted by Crippen LogP contribution is -2.15. The van der Waals surface area contributed by atoms with Crippen LogP contribution in [0.25, 0.3) is 16.9 Å². The minimum Gasteiger partial charge on any atom is -0.415 e. The Balaban J connectivity index is 2.19. The van der Waals surface area contributed by atoms with Gasteiger partial charge in [-0.25, -0.2) is 27.3 Å². The van der Waals surface area contributed by atoms with Gasteiger partial charge in [0, 0.05) is 5.56 Å².